The van der Waals surface area contributed by atoms with E-state index in [1.165, 1.54) is 18.2 Å². The third-order valence-corrected chi connectivity index (χ3v) is 6.55. The Bertz CT molecular complexity index is 1170. The van der Waals surface area contributed by atoms with Gasteiger partial charge in [0.15, 0.2) is 9.84 Å². The smallest absolute Gasteiger partial charge is 0.151 e. The van der Waals surface area contributed by atoms with E-state index in [1.54, 1.807) is 6.20 Å². The molecule has 28 heavy (non-hydrogen) atoms. The van der Waals surface area contributed by atoms with E-state index in [1.807, 2.05) is 19.1 Å². The second kappa shape index (κ2) is 6.69. The van der Waals surface area contributed by atoms with Crippen LogP contribution in [-0.4, -0.2) is 19.7 Å². The van der Waals surface area contributed by atoms with Crippen LogP contribution in [0.5, 0.6) is 0 Å². The number of aryl methyl sites for hydroxylation is 1. The highest BCUT2D eigenvalue weighted by Crippen LogP contribution is 2.53. The molecule has 4 rings (SSSR count). The molecule has 1 aliphatic carbocycles. The summed E-state index contributed by atoms with van der Waals surface area (Å²) in [6, 6.07) is 7.91. The minimum Gasteiger partial charge on any atom is -0.361 e. The molecule has 3 unspecified atom stereocenters. The largest absolute Gasteiger partial charge is 0.361 e. The highest BCUT2D eigenvalue weighted by atomic mass is 32.2. The molecule has 1 saturated carbocycles. The Labute approximate surface area is 163 Å². The van der Waals surface area contributed by atoms with E-state index in [2.05, 4.69) is 11.9 Å². The van der Waals surface area contributed by atoms with Crippen LogP contribution in [0.3, 0.4) is 0 Å². The molecule has 0 saturated heterocycles. The summed E-state index contributed by atoms with van der Waals surface area (Å²) in [5, 5.41) is 0.628. The molecule has 6 heteroatoms. The van der Waals surface area contributed by atoms with Gasteiger partial charge >= 0.3 is 0 Å². The number of aromatic amines is 1. The van der Waals surface area contributed by atoms with Crippen molar-refractivity contribution in [1.82, 2.24) is 4.98 Å². The maximum atomic E-state index is 14.8. The van der Waals surface area contributed by atoms with E-state index in [0.717, 1.165) is 23.8 Å². The van der Waals surface area contributed by atoms with E-state index in [-0.39, 0.29) is 23.4 Å². The third-order valence-electron chi connectivity index (χ3n) is 5.71. The van der Waals surface area contributed by atoms with E-state index in [4.69, 9.17) is 0 Å². The van der Waals surface area contributed by atoms with Crippen LogP contribution in [0.15, 0.2) is 36.5 Å². The fourth-order valence-electron chi connectivity index (χ4n) is 4.27. The number of rotatable bonds is 5. The molecule has 0 radical (unpaired) electrons. The molecule has 148 valence electrons. The SMILES string of the molecule is Cc1ccc(C(c2c[nH]c3c(CS(C)(=O)=O)cc(F)cc23)C2CC2C)c(F)c1. The van der Waals surface area contributed by atoms with E-state index in [0.29, 0.717) is 27.9 Å². The molecule has 3 atom stereocenters. The summed E-state index contributed by atoms with van der Waals surface area (Å²) in [6.07, 6.45) is 3.89. The molecule has 0 aliphatic heterocycles. The summed E-state index contributed by atoms with van der Waals surface area (Å²) >= 11 is 0. The van der Waals surface area contributed by atoms with Crippen LogP contribution in [-0.2, 0) is 15.6 Å². The fourth-order valence-corrected chi connectivity index (χ4v) is 5.06. The summed E-state index contributed by atoms with van der Waals surface area (Å²) in [7, 11) is -3.32. The molecule has 1 aromatic heterocycles. The molecule has 0 bridgehead atoms. The van der Waals surface area contributed by atoms with Crippen molar-refractivity contribution < 1.29 is 17.2 Å². The Hall–Kier alpha value is -2.21. The zero-order valence-corrected chi connectivity index (χ0v) is 16.9. The summed E-state index contributed by atoms with van der Waals surface area (Å²) in [5.74, 6) is -0.454. The first-order valence-corrected chi connectivity index (χ1v) is 11.4. The number of benzene rings is 2. The lowest BCUT2D eigenvalue weighted by Crippen LogP contribution is -2.07. The second-order valence-electron chi connectivity index (χ2n) is 8.18. The van der Waals surface area contributed by atoms with Gasteiger partial charge in [-0.3, -0.25) is 0 Å². The highest BCUT2D eigenvalue weighted by molar-refractivity contribution is 7.89. The van der Waals surface area contributed by atoms with Crippen molar-refractivity contribution in [2.45, 2.75) is 31.9 Å². The number of fused-ring (bicyclic) bond motifs is 1. The Kier molecular flexibility index (Phi) is 4.57. The number of nitrogens with one attached hydrogen (secondary N) is 1. The first-order valence-electron chi connectivity index (χ1n) is 9.37. The lowest BCUT2D eigenvalue weighted by Gasteiger charge is -2.19. The van der Waals surface area contributed by atoms with E-state index in [9.17, 15) is 17.2 Å². The molecule has 1 fully saturated rings. The van der Waals surface area contributed by atoms with Gasteiger partial charge in [-0.25, -0.2) is 17.2 Å². The van der Waals surface area contributed by atoms with Crippen molar-refractivity contribution in [1.29, 1.82) is 0 Å². The van der Waals surface area contributed by atoms with Gasteiger partial charge in [-0.05, 0) is 65.6 Å². The van der Waals surface area contributed by atoms with Gasteiger partial charge in [-0.1, -0.05) is 19.1 Å². The molecule has 3 aromatic rings. The first-order chi connectivity index (χ1) is 13.1. The van der Waals surface area contributed by atoms with Gasteiger partial charge in [0, 0.05) is 23.8 Å². The Morgan fingerprint density at radius 1 is 1.18 bits per heavy atom. The number of aromatic nitrogens is 1. The minimum atomic E-state index is -3.32. The van der Waals surface area contributed by atoms with Gasteiger partial charge in [0.1, 0.15) is 11.6 Å². The summed E-state index contributed by atoms with van der Waals surface area (Å²) in [5.41, 5.74) is 3.28. The maximum absolute atomic E-state index is 14.8. The van der Waals surface area contributed by atoms with Crippen molar-refractivity contribution >= 4 is 20.7 Å². The van der Waals surface area contributed by atoms with Gasteiger partial charge < -0.3 is 4.98 Å². The summed E-state index contributed by atoms with van der Waals surface area (Å²) in [4.78, 5) is 3.13. The average molecular weight is 403 g/mol. The molecule has 1 N–H and O–H groups in total. The molecule has 1 heterocycles. The van der Waals surface area contributed by atoms with Crippen molar-refractivity contribution in [3.8, 4) is 0 Å². The van der Waals surface area contributed by atoms with Crippen LogP contribution < -0.4 is 0 Å². The molecule has 2 aromatic carbocycles. The van der Waals surface area contributed by atoms with Crippen molar-refractivity contribution in [2.24, 2.45) is 11.8 Å². The topological polar surface area (TPSA) is 49.9 Å². The van der Waals surface area contributed by atoms with E-state index >= 15 is 0 Å². The zero-order chi connectivity index (χ0) is 20.2. The summed E-state index contributed by atoms with van der Waals surface area (Å²) in [6.45, 7) is 3.98. The summed E-state index contributed by atoms with van der Waals surface area (Å²) < 4.78 is 52.7. The van der Waals surface area contributed by atoms with Crippen LogP contribution in [0.4, 0.5) is 8.78 Å². The molecular weight excluding hydrogens is 380 g/mol. The molecule has 3 nitrogen and oxygen atoms in total. The molecule has 1 aliphatic rings. The lowest BCUT2D eigenvalue weighted by molar-refractivity contribution is 0.568. The number of H-pyrrole nitrogens is 1. The van der Waals surface area contributed by atoms with Gasteiger partial charge in [-0.2, -0.15) is 0 Å². The highest BCUT2D eigenvalue weighted by Gasteiger charge is 2.42. The van der Waals surface area contributed by atoms with Crippen molar-refractivity contribution in [2.75, 3.05) is 6.26 Å². The first kappa shape index (κ1) is 19.1. The Morgan fingerprint density at radius 3 is 2.50 bits per heavy atom. The van der Waals surface area contributed by atoms with Gasteiger partial charge in [-0.15, -0.1) is 0 Å². The van der Waals surface area contributed by atoms with Crippen LogP contribution in [0, 0.1) is 30.4 Å². The van der Waals surface area contributed by atoms with Crippen molar-refractivity contribution in [3.63, 3.8) is 0 Å². The van der Waals surface area contributed by atoms with Crippen LogP contribution in [0.25, 0.3) is 10.9 Å². The number of halogens is 2. The van der Waals surface area contributed by atoms with Crippen molar-refractivity contribution in [3.05, 3.63) is 70.4 Å². The second-order valence-corrected chi connectivity index (χ2v) is 10.3. The average Bonchev–Trinajstić information content (AvgIpc) is 3.12. The molecule has 0 amide bonds. The Morgan fingerprint density at radius 2 is 1.89 bits per heavy atom. The monoisotopic (exact) mass is 403 g/mol. The number of hydrogen-bond acceptors (Lipinski definition) is 2. The number of sulfone groups is 1. The van der Waals surface area contributed by atoms with Crippen LogP contribution in [0.2, 0.25) is 0 Å². The molecular formula is C22H23F2NO2S. The van der Waals surface area contributed by atoms with Crippen LogP contribution >= 0.6 is 0 Å². The fraction of sp³-hybridized carbons (Fsp3) is 0.364. The standard InChI is InChI=1S/C22H23F2NO2S/c1-12-4-5-16(20(24)6-12)21(17-7-13(17)2)19-10-25-22-14(11-28(3,26)27)8-15(23)9-18(19)22/h4-6,8-10,13,17,21,25H,7,11H2,1-3H3. The molecule has 0 spiro atoms. The predicted molar refractivity (Wildman–Crippen MR) is 107 cm³/mol. The quantitative estimate of drug-likeness (QED) is 0.645. The van der Waals surface area contributed by atoms with Gasteiger partial charge in [0.2, 0.25) is 0 Å². The zero-order valence-electron chi connectivity index (χ0n) is 16.1. The van der Waals surface area contributed by atoms with E-state index < -0.39 is 15.7 Å². The van der Waals surface area contributed by atoms with Crippen LogP contribution in [0.1, 0.15) is 41.5 Å². The Balaban J connectivity index is 1.90. The normalized spacial score (nSPS) is 20.5. The predicted octanol–water partition coefficient (Wildman–Crippen LogP) is 5.09. The van der Waals surface area contributed by atoms with Gasteiger partial charge in [0.05, 0.1) is 11.3 Å². The third kappa shape index (κ3) is 3.58. The van der Waals surface area contributed by atoms with Gasteiger partial charge in [0.25, 0.3) is 0 Å². The maximum Gasteiger partial charge on any atom is 0.151 e. The minimum absolute atomic E-state index is 0.197. The number of hydrogen-bond donors (Lipinski definition) is 1. The lowest BCUT2D eigenvalue weighted by atomic mass is 9.85.